The third-order valence-electron chi connectivity index (χ3n) is 1.47. The molecule has 0 unspecified atom stereocenters. The van der Waals surface area contributed by atoms with E-state index in [1.165, 1.54) is 6.92 Å². The molecule has 2 amide bonds. The number of amides is 2. The van der Waals surface area contributed by atoms with Gasteiger partial charge in [-0.3, -0.25) is 4.79 Å². The van der Waals surface area contributed by atoms with E-state index < -0.39 is 31.0 Å². The Balaban J connectivity index is 4.01. The number of alkyl halides is 2. The zero-order chi connectivity index (χ0) is 11.3. The first-order chi connectivity index (χ1) is 6.34. The number of halogens is 2. The summed E-state index contributed by atoms with van der Waals surface area (Å²) in [4.78, 5) is 22.0. The van der Waals surface area contributed by atoms with Gasteiger partial charge in [0.15, 0.2) is 0 Å². The Morgan fingerprint density at radius 1 is 1.50 bits per heavy atom. The van der Waals surface area contributed by atoms with Crippen molar-refractivity contribution < 1.29 is 23.5 Å². The van der Waals surface area contributed by atoms with Gasteiger partial charge < -0.3 is 15.3 Å². The Labute approximate surface area is 79.7 Å². The molecule has 0 aromatic carbocycles. The molecule has 0 rings (SSSR count). The normalized spacial score (nSPS) is 12.4. The number of hydrogen-bond acceptors (Lipinski definition) is 2. The van der Waals surface area contributed by atoms with Crippen LogP contribution in [0.5, 0.6) is 0 Å². The maximum Gasteiger partial charge on any atom is 0.325 e. The Hall–Kier alpha value is -1.40. The second-order valence-corrected chi connectivity index (χ2v) is 2.78. The van der Waals surface area contributed by atoms with Gasteiger partial charge in [0.2, 0.25) is 0 Å². The summed E-state index contributed by atoms with van der Waals surface area (Å²) >= 11 is 0. The van der Waals surface area contributed by atoms with Crippen molar-refractivity contribution in [3.05, 3.63) is 0 Å². The van der Waals surface area contributed by atoms with Crippen LogP contribution in [0.15, 0.2) is 0 Å². The number of nitrogens with one attached hydrogen (secondary N) is 1. The summed E-state index contributed by atoms with van der Waals surface area (Å²) in [5.74, 6) is -1.22. The number of nitrogens with zero attached hydrogens (tertiary/aromatic N) is 1. The van der Waals surface area contributed by atoms with Crippen LogP contribution < -0.4 is 5.32 Å². The van der Waals surface area contributed by atoms with Crippen LogP contribution in [0.2, 0.25) is 0 Å². The Morgan fingerprint density at radius 2 is 2.00 bits per heavy atom. The fraction of sp³-hybridized carbons (Fsp3) is 0.714. The quantitative estimate of drug-likeness (QED) is 0.704. The monoisotopic (exact) mass is 210 g/mol. The van der Waals surface area contributed by atoms with Gasteiger partial charge in [0, 0.05) is 7.05 Å². The van der Waals surface area contributed by atoms with E-state index in [-0.39, 0.29) is 0 Å². The first-order valence-electron chi connectivity index (χ1n) is 3.87. The summed E-state index contributed by atoms with van der Waals surface area (Å²) in [6.07, 6.45) is -2.63. The lowest BCUT2D eigenvalue weighted by Gasteiger charge is -2.18. The molecule has 0 aliphatic rings. The molecule has 0 aromatic rings. The van der Waals surface area contributed by atoms with E-state index in [0.29, 0.717) is 0 Å². The molecular formula is C7H12F2N2O3. The van der Waals surface area contributed by atoms with Gasteiger partial charge in [-0.05, 0) is 6.92 Å². The number of urea groups is 1. The maximum absolute atomic E-state index is 11.8. The first-order valence-corrected chi connectivity index (χ1v) is 3.87. The van der Waals surface area contributed by atoms with E-state index >= 15 is 0 Å². The van der Waals surface area contributed by atoms with Crippen LogP contribution in [0.4, 0.5) is 13.6 Å². The summed E-state index contributed by atoms with van der Waals surface area (Å²) in [7, 11) is 1.16. The van der Waals surface area contributed by atoms with E-state index in [4.69, 9.17) is 5.11 Å². The second-order valence-electron chi connectivity index (χ2n) is 2.78. The number of carbonyl (C=O) groups excluding carboxylic acids is 1. The van der Waals surface area contributed by atoms with Crippen LogP contribution in [0, 0.1) is 0 Å². The van der Waals surface area contributed by atoms with Crippen molar-refractivity contribution in [2.75, 3.05) is 13.6 Å². The van der Waals surface area contributed by atoms with Gasteiger partial charge in [-0.15, -0.1) is 0 Å². The molecule has 0 radical (unpaired) electrons. The van der Waals surface area contributed by atoms with Crippen LogP contribution >= 0.6 is 0 Å². The second kappa shape index (κ2) is 5.36. The maximum atomic E-state index is 11.8. The molecule has 14 heavy (non-hydrogen) atoms. The molecule has 0 aliphatic heterocycles. The molecule has 7 heteroatoms. The summed E-state index contributed by atoms with van der Waals surface area (Å²) < 4.78 is 23.6. The lowest BCUT2D eigenvalue weighted by molar-refractivity contribution is -0.138. The van der Waals surface area contributed by atoms with E-state index in [1.807, 2.05) is 5.32 Å². The minimum Gasteiger partial charge on any atom is -0.480 e. The Kier molecular flexibility index (Phi) is 4.82. The van der Waals surface area contributed by atoms with Gasteiger partial charge in [-0.25, -0.2) is 13.6 Å². The van der Waals surface area contributed by atoms with Crippen LogP contribution in [0.3, 0.4) is 0 Å². The first kappa shape index (κ1) is 12.6. The Bertz CT molecular complexity index is 223. The van der Waals surface area contributed by atoms with Crippen LogP contribution in [0.25, 0.3) is 0 Å². The van der Waals surface area contributed by atoms with Crippen molar-refractivity contribution in [2.45, 2.75) is 19.4 Å². The van der Waals surface area contributed by atoms with Crippen LogP contribution in [-0.4, -0.2) is 48.1 Å². The van der Waals surface area contributed by atoms with Gasteiger partial charge in [0.05, 0.1) is 6.54 Å². The standard InChI is InChI=1S/C7H12F2N2O3/c1-4(6(12)13)10-7(14)11(2)3-5(8)9/h4-5H,3H2,1-2H3,(H,10,14)(H,12,13)/t4-/m0/s1. The molecule has 0 heterocycles. The van der Waals surface area contributed by atoms with Crippen molar-refractivity contribution >= 4 is 12.0 Å². The molecule has 0 fully saturated rings. The molecule has 0 saturated carbocycles. The fourth-order valence-electron chi connectivity index (χ4n) is 0.647. The molecule has 0 aromatic heterocycles. The highest BCUT2D eigenvalue weighted by Gasteiger charge is 2.18. The zero-order valence-electron chi connectivity index (χ0n) is 7.83. The minimum absolute atomic E-state index is 0.724. The fourth-order valence-corrected chi connectivity index (χ4v) is 0.647. The predicted molar refractivity (Wildman–Crippen MR) is 44.3 cm³/mol. The van der Waals surface area contributed by atoms with E-state index in [9.17, 15) is 18.4 Å². The van der Waals surface area contributed by atoms with Crippen molar-refractivity contribution in [3.8, 4) is 0 Å². The third-order valence-corrected chi connectivity index (χ3v) is 1.47. The van der Waals surface area contributed by atoms with Gasteiger partial charge in [0.1, 0.15) is 6.04 Å². The number of rotatable bonds is 4. The SMILES string of the molecule is C[C@H](NC(=O)N(C)CC(F)F)C(=O)O. The minimum atomic E-state index is -2.63. The van der Waals surface area contributed by atoms with Crippen LogP contribution in [-0.2, 0) is 4.79 Å². The van der Waals surface area contributed by atoms with Gasteiger partial charge >= 0.3 is 12.0 Å². The third kappa shape index (κ3) is 4.58. The average molecular weight is 210 g/mol. The predicted octanol–water partition coefficient (Wildman–Crippen LogP) is 0.366. The number of carboxylic acid groups (broad SMARTS) is 1. The smallest absolute Gasteiger partial charge is 0.325 e. The summed E-state index contributed by atoms with van der Waals surface area (Å²) in [6.45, 7) is 0.522. The van der Waals surface area contributed by atoms with Crippen molar-refractivity contribution in [1.82, 2.24) is 10.2 Å². The van der Waals surface area contributed by atoms with Crippen LogP contribution in [0.1, 0.15) is 6.92 Å². The lowest BCUT2D eigenvalue weighted by atomic mass is 10.3. The highest BCUT2D eigenvalue weighted by atomic mass is 19.3. The van der Waals surface area contributed by atoms with E-state index in [0.717, 1.165) is 11.9 Å². The van der Waals surface area contributed by atoms with Crippen molar-refractivity contribution in [2.24, 2.45) is 0 Å². The molecule has 1 atom stereocenters. The zero-order valence-corrected chi connectivity index (χ0v) is 7.83. The van der Waals surface area contributed by atoms with Gasteiger partial charge in [0.25, 0.3) is 6.43 Å². The summed E-state index contributed by atoms with van der Waals surface area (Å²) in [6, 6.07) is -1.93. The van der Waals surface area contributed by atoms with Crippen molar-refractivity contribution in [3.63, 3.8) is 0 Å². The number of carboxylic acids is 1. The molecule has 0 spiro atoms. The molecule has 0 saturated heterocycles. The largest absolute Gasteiger partial charge is 0.480 e. The van der Waals surface area contributed by atoms with Gasteiger partial charge in [-0.1, -0.05) is 0 Å². The molecule has 0 aliphatic carbocycles. The number of carbonyl (C=O) groups is 2. The highest BCUT2D eigenvalue weighted by Crippen LogP contribution is 1.96. The molecule has 2 N–H and O–H groups in total. The summed E-state index contributed by atoms with van der Waals surface area (Å²) in [5, 5.41) is 10.5. The average Bonchev–Trinajstić information content (AvgIpc) is 2.02. The molecule has 5 nitrogen and oxygen atoms in total. The van der Waals surface area contributed by atoms with Crippen molar-refractivity contribution in [1.29, 1.82) is 0 Å². The molecule has 82 valence electrons. The Morgan fingerprint density at radius 3 is 2.36 bits per heavy atom. The molecular weight excluding hydrogens is 198 g/mol. The topological polar surface area (TPSA) is 69.6 Å². The number of aliphatic carboxylic acids is 1. The number of hydrogen-bond donors (Lipinski definition) is 2. The highest BCUT2D eigenvalue weighted by molar-refractivity contribution is 5.82. The summed E-state index contributed by atoms with van der Waals surface area (Å²) in [5.41, 5.74) is 0. The molecule has 0 bridgehead atoms. The lowest BCUT2D eigenvalue weighted by Crippen LogP contribution is -2.46. The van der Waals surface area contributed by atoms with E-state index in [2.05, 4.69) is 0 Å². The van der Waals surface area contributed by atoms with Gasteiger partial charge in [-0.2, -0.15) is 0 Å². The van der Waals surface area contributed by atoms with E-state index in [1.54, 1.807) is 0 Å².